The van der Waals surface area contributed by atoms with Crippen LogP contribution in [0.2, 0.25) is 10.0 Å². The van der Waals surface area contributed by atoms with Gasteiger partial charge in [-0.2, -0.15) is 0 Å². The first-order valence-corrected chi connectivity index (χ1v) is 7.95. The number of nitrogens with one attached hydrogen (secondary N) is 1. The minimum absolute atomic E-state index is 0.372. The van der Waals surface area contributed by atoms with E-state index in [1.165, 1.54) is 4.90 Å². The van der Waals surface area contributed by atoms with Crippen LogP contribution in [-0.2, 0) is 11.3 Å². The number of amidine groups is 1. The Labute approximate surface area is 145 Å². The number of hydrogen-bond donors (Lipinski definition) is 1. The molecule has 1 fully saturated rings. The van der Waals surface area contributed by atoms with Gasteiger partial charge in [-0.15, -0.1) is 0 Å². The normalized spacial score (nSPS) is 24.3. The third-order valence-corrected chi connectivity index (χ3v) is 4.91. The summed E-state index contributed by atoms with van der Waals surface area (Å²) in [6.07, 6.45) is -0.554. The number of benzene rings is 1. The van der Waals surface area contributed by atoms with Gasteiger partial charge in [-0.1, -0.05) is 29.3 Å². The molecule has 1 aromatic carbocycles. The Balaban J connectivity index is 1.89. The second-order valence-electron chi connectivity index (χ2n) is 5.03. The van der Waals surface area contributed by atoms with E-state index in [2.05, 4.69) is 26.2 Å². The molecule has 0 aliphatic carbocycles. The van der Waals surface area contributed by atoms with Crippen LogP contribution in [0.1, 0.15) is 5.56 Å². The summed E-state index contributed by atoms with van der Waals surface area (Å²) >= 11 is 15.4. The van der Waals surface area contributed by atoms with Crippen LogP contribution >= 0.6 is 39.1 Å². The molecule has 3 rings (SSSR count). The SMILES string of the molecule is CN1C(=O)NC(=O)C2C1N=C(Br)N2Cc1ccc(Cl)cc1Cl. The minimum Gasteiger partial charge on any atom is -0.331 e. The molecule has 22 heavy (non-hydrogen) atoms. The zero-order chi connectivity index (χ0) is 16.0. The average molecular weight is 406 g/mol. The third kappa shape index (κ3) is 2.57. The summed E-state index contributed by atoms with van der Waals surface area (Å²) in [5, 5.41) is 3.37. The van der Waals surface area contributed by atoms with Gasteiger partial charge in [0.1, 0.15) is 0 Å². The Kier molecular flexibility index (Phi) is 4.05. The third-order valence-electron chi connectivity index (χ3n) is 3.67. The smallest absolute Gasteiger partial charge is 0.325 e. The molecule has 2 unspecified atom stereocenters. The van der Waals surface area contributed by atoms with Gasteiger partial charge >= 0.3 is 6.03 Å². The number of halogens is 3. The molecule has 1 N–H and O–H groups in total. The monoisotopic (exact) mass is 404 g/mol. The fraction of sp³-hybridized carbons (Fsp3) is 0.308. The van der Waals surface area contributed by atoms with Crippen molar-refractivity contribution in [3.63, 3.8) is 0 Å². The maximum atomic E-state index is 12.2. The molecule has 2 aliphatic rings. The molecule has 2 heterocycles. The number of carbonyl (C=O) groups is 2. The molecular formula is C13H11BrCl2N4O2. The fourth-order valence-electron chi connectivity index (χ4n) is 2.49. The summed E-state index contributed by atoms with van der Waals surface area (Å²) in [5.74, 6) is -0.378. The maximum Gasteiger partial charge on any atom is 0.325 e. The van der Waals surface area contributed by atoms with Gasteiger partial charge in [0.2, 0.25) is 0 Å². The van der Waals surface area contributed by atoms with Gasteiger partial charge in [0.05, 0.1) is 0 Å². The number of nitrogens with zero attached hydrogens (tertiary/aromatic N) is 3. The van der Waals surface area contributed by atoms with Crippen LogP contribution in [0, 0.1) is 0 Å². The Morgan fingerprint density at radius 2 is 2.09 bits per heavy atom. The van der Waals surface area contributed by atoms with E-state index >= 15 is 0 Å². The van der Waals surface area contributed by atoms with Crippen LogP contribution < -0.4 is 5.32 Å². The molecule has 0 aromatic heterocycles. The lowest BCUT2D eigenvalue weighted by Crippen LogP contribution is -2.63. The van der Waals surface area contributed by atoms with Gasteiger partial charge in [0, 0.05) is 23.6 Å². The van der Waals surface area contributed by atoms with Gasteiger partial charge in [0.15, 0.2) is 17.0 Å². The molecule has 1 saturated heterocycles. The predicted octanol–water partition coefficient (Wildman–Crippen LogP) is 2.44. The van der Waals surface area contributed by atoms with Crippen molar-refractivity contribution in [1.29, 1.82) is 0 Å². The van der Waals surface area contributed by atoms with Crippen LogP contribution in [0.15, 0.2) is 23.2 Å². The van der Waals surface area contributed by atoms with Crippen molar-refractivity contribution in [2.24, 2.45) is 4.99 Å². The first kappa shape index (κ1) is 15.6. The Hall–Kier alpha value is -1.31. The van der Waals surface area contributed by atoms with Crippen molar-refractivity contribution in [3.8, 4) is 0 Å². The lowest BCUT2D eigenvalue weighted by molar-refractivity contribution is -0.127. The van der Waals surface area contributed by atoms with Crippen molar-refractivity contribution in [2.45, 2.75) is 18.8 Å². The highest BCUT2D eigenvalue weighted by molar-refractivity contribution is 9.18. The quantitative estimate of drug-likeness (QED) is 0.768. The van der Waals surface area contributed by atoms with E-state index in [0.29, 0.717) is 21.3 Å². The summed E-state index contributed by atoms with van der Waals surface area (Å²) in [4.78, 5) is 31.3. The molecule has 9 heteroatoms. The molecule has 3 amide bonds. The van der Waals surface area contributed by atoms with Crippen molar-refractivity contribution in [1.82, 2.24) is 15.1 Å². The molecule has 2 atom stereocenters. The second kappa shape index (κ2) is 5.72. The molecular weight excluding hydrogens is 395 g/mol. The standard InChI is InChI=1S/C13H11BrCl2N4O2/c1-19-10-9(11(21)18-13(19)22)20(12(14)17-10)5-6-2-3-7(15)4-8(6)16/h2-4,9-10H,5H2,1H3,(H,18,21,22). The van der Waals surface area contributed by atoms with Crippen molar-refractivity contribution >= 4 is 55.8 Å². The number of hydrogen-bond acceptors (Lipinski definition) is 4. The van der Waals surface area contributed by atoms with Crippen molar-refractivity contribution in [2.75, 3.05) is 7.05 Å². The summed E-state index contributed by atoms with van der Waals surface area (Å²) in [6.45, 7) is 0.372. The number of likely N-dealkylation sites (N-methyl/N-ethyl adjacent to an activating group) is 1. The number of urea groups is 1. The first-order chi connectivity index (χ1) is 10.4. The lowest BCUT2D eigenvalue weighted by atomic mass is 10.1. The predicted molar refractivity (Wildman–Crippen MR) is 87.2 cm³/mol. The van der Waals surface area contributed by atoms with Gasteiger partial charge in [-0.25, -0.2) is 9.79 Å². The largest absolute Gasteiger partial charge is 0.331 e. The first-order valence-electron chi connectivity index (χ1n) is 6.40. The van der Waals surface area contributed by atoms with Crippen LogP contribution in [0.4, 0.5) is 4.79 Å². The van der Waals surface area contributed by atoms with Crippen LogP contribution in [0.25, 0.3) is 0 Å². The van der Waals surface area contributed by atoms with Crippen LogP contribution in [-0.4, -0.2) is 45.7 Å². The number of aliphatic imine (C=N–C) groups is 1. The number of rotatable bonds is 2. The van der Waals surface area contributed by atoms with E-state index in [1.54, 1.807) is 30.1 Å². The van der Waals surface area contributed by atoms with E-state index in [1.807, 2.05) is 0 Å². The average Bonchev–Trinajstić information content (AvgIpc) is 2.77. The van der Waals surface area contributed by atoms with Crippen molar-refractivity contribution < 1.29 is 9.59 Å². The number of carbonyl (C=O) groups excluding carboxylic acids is 2. The number of amides is 3. The molecule has 2 aliphatic heterocycles. The van der Waals surface area contributed by atoms with E-state index in [0.717, 1.165) is 5.56 Å². The minimum atomic E-state index is -0.594. The summed E-state index contributed by atoms with van der Waals surface area (Å²) in [7, 11) is 1.60. The van der Waals surface area contributed by atoms with Crippen LogP contribution in [0.3, 0.4) is 0 Å². The summed E-state index contributed by atoms with van der Waals surface area (Å²) in [5.41, 5.74) is 0.811. The van der Waals surface area contributed by atoms with E-state index in [-0.39, 0.29) is 5.91 Å². The van der Waals surface area contributed by atoms with Crippen molar-refractivity contribution in [3.05, 3.63) is 33.8 Å². The van der Waals surface area contributed by atoms with E-state index in [9.17, 15) is 9.59 Å². The molecule has 0 bridgehead atoms. The Bertz CT molecular complexity index is 697. The van der Waals surface area contributed by atoms with Gasteiger partial charge in [-0.05, 0) is 33.6 Å². The number of fused-ring (bicyclic) bond motifs is 1. The van der Waals surface area contributed by atoms with Gasteiger partial charge in [0.25, 0.3) is 5.91 Å². The molecule has 1 aromatic rings. The topological polar surface area (TPSA) is 65.0 Å². The van der Waals surface area contributed by atoms with Gasteiger partial charge < -0.3 is 9.80 Å². The molecule has 0 spiro atoms. The van der Waals surface area contributed by atoms with E-state index < -0.39 is 18.2 Å². The summed E-state index contributed by atoms with van der Waals surface area (Å²) < 4.78 is 0.505. The zero-order valence-corrected chi connectivity index (χ0v) is 14.5. The molecule has 0 radical (unpaired) electrons. The highest BCUT2D eigenvalue weighted by Crippen LogP contribution is 2.30. The van der Waals surface area contributed by atoms with Crippen LogP contribution in [0.5, 0.6) is 0 Å². The summed E-state index contributed by atoms with van der Waals surface area (Å²) in [6, 6.07) is 4.13. The van der Waals surface area contributed by atoms with E-state index in [4.69, 9.17) is 23.2 Å². The Morgan fingerprint density at radius 3 is 2.77 bits per heavy atom. The number of imide groups is 1. The molecule has 0 saturated carbocycles. The Morgan fingerprint density at radius 1 is 1.36 bits per heavy atom. The molecule has 6 nitrogen and oxygen atoms in total. The second-order valence-corrected chi connectivity index (χ2v) is 6.58. The lowest BCUT2D eigenvalue weighted by Gasteiger charge is -2.36. The zero-order valence-electron chi connectivity index (χ0n) is 11.4. The molecule has 116 valence electrons. The maximum absolute atomic E-state index is 12.2. The highest BCUT2D eigenvalue weighted by atomic mass is 79.9. The highest BCUT2D eigenvalue weighted by Gasteiger charge is 2.48. The fourth-order valence-corrected chi connectivity index (χ4v) is 3.51. The van der Waals surface area contributed by atoms with Gasteiger partial charge in [-0.3, -0.25) is 10.1 Å².